The largest absolute Gasteiger partial charge is 0.508 e. The van der Waals surface area contributed by atoms with Crippen molar-refractivity contribution in [3.63, 3.8) is 0 Å². The van der Waals surface area contributed by atoms with Crippen LogP contribution in [0, 0.1) is 0 Å². The minimum absolute atomic E-state index is 0.302. The van der Waals surface area contributed by atoms with Crippen LogP contribution in [0.25, 0.3) is 0 Å². The normalized spacial score (nSPS) is 12.2. The van der Waals surface area contributed by atoms with E-state index in [0.717, 1.165) is 18.5 Å². The summed E-state index contributed by atoms with van der Waals surface area (Å²) in [6.07, 6.45) is 1.95. The lowest BCUT2D eigenvalue weighted by Crippen LogP contribution is -2.15. The minimum Gasteiger partial charge on any atom is -0.508 e. The van der Waals surface area contributed by atoms with E-state index in [9.17, 15) is 5.11 Å². The molecule has 0 spiro atoms. The molecule has 0 heterocycles. The molecular formula is C16H17Cl2NO. The Balaban J connectivity index is 1.87. The van der Waals surface area contributed by atoms with Crippen molar-refractivity contribution < 1.29 is 5.11 Å². The summed E-state index contributed by atoms with van der Waals surface area (Å²) in [5, 5.41) is 13.8. The molecule has 1 atom stereocenters. The number of phenolic OH excluding ortho intramolecular Hbond substituents is 1. The summed E-state index contributed by atoms with van der Waals surface area (Å²) in [6.45, 7) is 2.13. The molecule has 0 amide bonds. The average molecular weight is 310 g/mol. The molecule has 0 bridgehead atoms. The number of aromatic hydroxyl groups is 1. The zero-order valence-electron chi connectivity index (χ0n) is 11.2. The number of nitrogens with one attached hydrogen (secondary N) is 1. The van der Waals surface area contributed by atoms with Gasteiger partial charge in [0.15, 0.2) is 0 Å². The molecule has 2 N–H and O–H groups in total. The van der Waals surface area contributed by atoms with E-state index in [1.807, 2.05) is 24.3 Å². The fourth-order valence-electron chi connectivity index (χ4n) is 1.99. The molecule has 1 unspecified atom stereocenters. The quantitative estimate of drug-likeness (QED) is 0.802. The van der Waals surface area contributed by atoms with E-state index >= 15 is 0 Å². The van der Waals surface area contributed by atoms with Crippen LogP contribution in [0.4, 0.5) is 5.69 Å². The van der Waals surface area contributed by atoms with Crippen LogP contribution in [0.3, 0.4) is 0 Å². The van der Waals surface area contributed by atoms with E-state index < -0.39 is 0 Å². The maximum atomic E-state index is 9.24. The van der Waals surface area contributed by atoms with Gasteiger partial charge in [0.25, 0.3) is 0 Å². The van der Waals surface area contributed by atoms with Gasteiger partial charge in [0.1, 0.15) is 5.75 Å². The molecule has 4 heteroatoms. The summed E-state index contributed by atoms with van der Waals surface area (Å²) in [6, 6.07) is 13.2. The highest BCUT2D eigenvalue weighted by Crippen LogP contribution is 2.25. The van der Waals surface area contributed by atoms with Crippen LogP contribution in [0.15, 0.2) is 42.5 Å². The van der Waals surface area contributed by atoms with E-state index in [-0.39, 0.29) is 0 Å². The molecule has 0 aromatic heterocycles. The smallest absolute Gasteiger partial charge is 0.115 e. The van der Waals surface area contributed by atoms with Crippen molar-refractivity contribution in [2.45, 2.75) is 25.8 Å². The molecule has 2 rings (SSSR count). The van der Waals surface area contributed by atoms with Gasteiger partial charge in [-0.15, -0.1) is 0 Å². The molecule has 2 nitrogen and oxygen atoms in total. The van der Waals surface area contributed by atoms with Gasteiger partial charge >= 0.3 is 0 Å². The number of benzene rings is 2. The highest BCUT2D eigenvalue weighted by Gasteiger charge is 2.05. The Bertz CT molecular complexity index is 569. The SMILES string of the molecule is CC(CCc1ccc(O)cc1)Nc1ccc(Cl)c(Cl)c1. The molecule has 2 aromatic rings. The van der Waals surface area contributed by atoms with Crippen molar-refractivity contribution in [2.75, 3.05) is 5.32 Å². The number of aryl methyl sites for hydroxylation is 1. The fourth-order valence-corrected chi connectivity index (χ4v) is 2.29. The number of hydrogen-bond acceptors (Lipinski definition) is 2. The number of phenols is 1. The second-order valence-electron chi connectivity index (χ2n) is 4.88. The lowest BCUT2D eigenvalue weighted by molar-refractivity contribution is 0.475. The van der Waals surface area contributed by atoms with E-state index in [2.05, 4.69) is 12.2 Å². The van der Waals surface area contributed by atoms with Crippen molar-refractivity contribution in [3.05, 3.63) is 58.1 Å². The van der Waals surface area contributed by atoms with Gasteiger partial charge in [0, 0.05) is 11.7 Å². The molecule has 0 saturated heterocycles. The predicted octanol–water partition coefficient (Wildman–Crippen LogP) is 5.13. The number of halogens is 2. The molecule has 0 aliphatic heterocycles. The molecule has 0 radical (unpaired) electrons. The van der Waals surface area contributed by atoms with E-state index in [1.165, 1.54) is 5.56 Å². The standard InChI is InChI=1S/C16H17Cl2NO/c1-11(2-3-12-4-7-14(20)8-5-12)19-13-6-9-15(17)16(18)10-13/h4-11,19-20H,2-3H2,1H3. The van der Waals surface area contributed by atoms with Crippen molar-refractivity contribution in [1.82, 2.24) is 0 Å². The monoisotopic (exact) mass is 309 g/mol. The highest BCUT2D eigenvalue weighted by molar-refractivity contribution is 6.42. The summed E-state index contributed by atoms with van der Waals surface area (Å²) in [5.41, 5.74) is 2.18. The summed E-state index contributed by atoms with van der Waals surface area (Å²) in [4.78, 5) is 0. The van der Waals surface area contributed by atoms with Gasteiger partial charge < -0.3 is 10.4 Å². The zero-order valence-corrected chi connectivity index (χ0v) is 12.7. The second-order valence-corrected chi connectivity index (χ2v) is 5.69. The van der Waals surface area contributed by atoms with Gasteiger partial charge in [0.05, 0.1) is 10.0 Å². The maximum absolute atomic E-state index is 9.24. The van der Waals surface area contributed by atoms with Gasteiger partial charge in [-0.1, -0.05) is 35.3 Å². The summed E-state index contributed by atoms with van der Waals surface area (Å²) in [5.74, 6) is 0.302. The van der Waals surface area contributed by atoms with Crippen LogP contribution in [0.1, 0.15) is 18.9 Å². The Hall–Kier alpha value is -1.38. The zero-order chi connectivity index (χ0) is 14.5. The Morgan fingerprint density at radius 1 is 1.05 bits per heavy atom. The molecule has 106 valence electrons. The topological polar surface area (TPSA) is 32.3 Å². The van der Waals surface area contributed by atoms with E-state index in [4.69, 9.17) is 23.2 Å². The van der Waals surface area contributed by atoms with Crippen LogP contribution in [0.5, 0.6) is 5.75 Å². The van der Waals surface area contributed by atoms with E-state index in [0.29, 0.717) is 21.8 Å². The third-order valence-corrected chi connectivity index (χ3v) is 3.87. The molecule has 2 aromatic carbocycles. The van der Waals surface area contributed by atoms with Crippen LogP contribution < -0.4 is 5.32 Å². The summed E-state index contributed by atoms with van der Waals surface area (Å²) < 4.78 is 0. The molecule has 20 heavy (non-hydrogen) atoms. The molecule has 0 saturated carbocycles. The van der Waals surface area contributed by atoms with Gasteiger partial charge in [-0.2, -0.15) is 0 Å². The van der Waals surface area contributed by atoms with Gasteiger partial charge in [-0.3, -0.25) is 0 Å². The lowest BCUT2D eigenvalue weighted by Gasteiger charge is -2.15. The maximum Gasteiger partial charge on any atom is 0.115 e. The third kappa shape index (κ3) is 4.32. The molecule has 0 fully saturated rings. The van der Waals surface area contributed by atoms with Crippen molar-refractivity contribution in [2.24, 2.45) is 0 Å². The summed E-state index contributed by atoms with van der Waals surface area (Å²) in [7, 11) is 0. The van der Waals surface area contributed by atoms with Crippen LogP contribution in [-0.2, 0) is 6.42 Å². The summed E-state index contributed by atoms with van der Waals surface area (Å²) >= 11 is 11.9. The Labute approximate surface area is 129 Å². The first kappa shape index (κ1) is 15.0. The first-order valence-electron chi connectivity index (χ1n) is 6.54. The second kappa shape index (κ2) is 6.87. The molecular weight excluding hydrogens is 293 g/mol. The molecule has 0 aliphatic rings. The third-order valence-electron chi connectivity index (χ3n) is 3.14. The number of anilines is 1. The molecule has 0 aliphatic carbocycles. The van der Waals surface area contributed by atoms with Crippen molar-refractivity contribution in [1.29, 1.82) is 0 Å². The van der Waals surface area contributed by atoms with Gasteiger partial charge in [0.2, 0.25) is 0 Å². The fraction of sp³-hybridized carbons (Fsp3) is 0.250. The number of rotatable bonds is 5. The Morgan fingerprint density at radius 3 is 2.40 bits per heavy atom. The van der Waals surface area contributed by atoms with Crippen LogP contribution >= 0.6 is 23.2 Å². The Kier molecular flexibility index (Phi) is 5.16. The van der Waals surface area contributed by atoms with Gasteiger partial charge in [-0.05, 0) is 55.7 Å². The predicted molar refractivity (Wildman–Crippen MR) is 86.0 cm³/mol. The highest BCUT2D eigenvalue weighted by atomic mass is 35.5. The Morgan fingerprint density at radius 2 is 1.75 bits per heavy atom. The number of hydrogen-bond donors (Lipinski definition) is 2. The van der Waals surface area contributed by atoms with Crippen LogP contribution in [0.2, 0.25) is 10.0 Å². The average Bonchev–Trinajstić information content (AvgIpc) is 2.42. The minimum atomic E-state index is 0.302. The van der Waals surface area contributed by atoms with Gasteiger partial charge in [-0.25, -0.2) is 0 Å². The van der Waals surface area contributed by atoms with Crippen molar-refractivity contribution >= 4 is 28.9 Å². The van der Waals surface area contributed by atoms with Crippen molar-refractivity contribution in [3.8, 4) is 5.75 Å². The van der Waals surface area contributed by atoms with Crippen LogP contribution in [-0.4, -0.2) is 11.1 Å². The lowest BCUT2D eigenvalue weighted by atomic mass is 10.1. The first-order chi connectivity index (χ1) is 9.54. The first-order valence-corrected chi connectivity index (χ1v) is 7.29. The van der Waals surface area contributed by atoms with E-state index in [1.54, 1.807) is 18.2 Å².